The molecule has 18 heavy (non-hydrogen) atoms. The van der Waals surface area contributed by atoms with Gasteiger partial charge in [0.15, 0.2) is 0 Å². The second kappa shape index (κ2) is 9.50. The summed E-state index contributed by atoms with van der Waals surface area (Å²) >= 11 is 0. The highest BCUT2D eigenvalue weighted by Gasteiger charge is 2.15. The minimum atomic E-state index is -1.11. The predicted octanol–water partition coefficient (Wildman–Crippen LogP) is 2.67. The lowest BCUT2D eigenvalue weighted by Gasteiger charge is -2.18. The van der Waals surface area contributed by atoms with Crippen LogP contribution < -0.4 is 5.32 Å². The van der Waals surface area contributed by atoms with Crippen molar-refractivity contribution in [2.24, 2.45) is 11.3 Å². The van der Waals surface area contributed by atoms with Gasteiger partial charge in [0.25, 0.3) is 0 Å². The minimum Gasteiger partial charge on any atom is -0.480 e. The largest absolute Gasteiger partial charge is 0.480 e. The van der Waals surface area contributed by atoms with E-state index < -0.39 is 18.6 Å². The van der Waals surface area contributed by atoms with Crippen molar-refractivity contribution in [1.82, 2.24) is 5.32 Å². The number of aliphatic carboxylic acids is 1. The molecule has 2 N–H and O–H groups in total. The standard InChI is InChI=1S/C9H15NO4.C4H10/c1-4-9(2,3)6-14-8(13)10-5-7(11)12;1-4(2)3/h4H,1,5-6H2,2-3H3,(H,10,13)(H,11,12);4H,1-3H3. The highest BCUT2D eigenvalue weighted by Crippen LogP contribution is 2.15. The van der Waals surface area contributed by atoms with Crippen LogP contribution >= 0.6 is 0 Å². The van der Waals surface area contributed by atoms with Crippen molar-refractivity contribution in [3.05, 3.63) is 12.7 Å². The smallest absolute Gasteiger partial charge is 0.407 e. The molecule has 0 atom stereocenters. The number of carboxylic acids is 1. The molecule has 0 aliphatic rings. The van der Waals surface area contributed by atoms with Gasteiger partial charge in [-0.15, -0.1) is 6.58 Å². The highest BCUT2D eigenvalue weighted by molar-refractivity contribution is 5.76. The van der Waals surface area contributed by atoms with Crippen LogP contribution in [-0.4, -0.2) is 30.3 Å². The van der Waals surface area contributed by atoms with Crippen LogP contribution in [0.3, 0.4) is 0 Å². The molecule has 5 nitrogen and oxygen atoms in total. The molecule has 0 rings (SSSR count). The second-order valence-electron chi connectivity index (χ2n) is 5.25. The zero-order chi connectivity index (χ0) is 14.8. The van der Waals surface area contributed by atoms with Crippen LogP contribution in [0.25, 0.3) is 0 Å². The average molecular weight is 259 g/mol. The Morgan fingerprint density at radius 3 is 2.17 bits per heavy atom. The zero-order valence-electron chi connectivity index (χ0n) is 11.9. The lowest BCUT2D eigenvalue weighted by Crippen LogP contribution is -2.32. The van der Waals surface area contributed by atoms with E-state index in [2.05, 4.69) is 32.7 Å². The van der Waals surface area contributed by atoms with Gasteiger partial charge in [0.1, 0.15) is 13.2 Å². The number of ether oxygens (including phenoxy) is 1. The number of hydrogen-bond acceptors (Lipinski definition) is 3. The maximum absolute atomic E-state index is 10.9. The van der Waals surface area contributed by atoms with Crippen molar-refractivity contribution in [2.75, 3.05) is 13.2 Å². The first kappa shape index (κ1) is 18.8. The fourth-order valence-corrected chi connectivity index (χ4v) is 0.509. The number of nitrogens with one attached hydrogen (secondary N) is 1. The molecule has 0 heterocycles. The van der Waals surface area contributed by atoms with Crippen LogP contribution in [0.4, 0.5) is 4.79 Å². The van der Waals surface area contributed by atoms with Gasteiger partial charge in [-0.2, -0.15) is 0 Å². The Morgan fingerprint density at radius 2 is 1.83 bits per heavy atom. The quantitative estimate of drug-likeness (QED) is 0.744. The first-order valence-electron chi connectivity index (χ1n) is 5.86. The van der Waals surface area contributed by atoms with Gasteiger partial charge in [0.05, 0.1) is 0 Å². The topological polar surface area (TPSA) is 75.6 Å². The lowest BCUT2D eigenvalue weighted by molar-refractivity contribution is -0.135. The van der Waals surface area contributed by atoms with Crippen molar-refractivity contribution in [2.45, 2.75) is 34.6 Å². The normalized spacial score (nSPS) is 10.1. The van der Waals surface area contributed by atoms with Crippen LogP contribution in [0, 0.1) is 11.3 Å². The Bertz CT molecular complexity index is 269. The number of alkyl carbamates (subject to hydrolysis) is 1. The maximum atomic E-state index is 10.9. The van der Waals surface area contributed by atoms with Crippen molar-refractivity contribution >= 4 is 12.1 Å². The Kier molecular flexibility index (Phi) is 9.94. The van der Waals surface area contributed by atoms with Crippen LogP contribution in [0.5, 0.6) is 0 Å². The van der Waals surface area contributed by atoms with E-state index in [0.29, 0.717) is 0 Å². The summed E-state index contributed by atoms with van der Waals surface area (Å²) in [5, 5.41) is 10.3. The minimum absolute atomic E-state index is 0.169. The van der Waals surface area contributed by atoms with E-state index in [-0.39, 0.29) is 12.0 Å². The Labute approximate surface area is 109 Å². The second-order valence-corrected chi connectivity index (χ2v) is 5.25. The summed E-state index contributed by atoms with van der Waals surface area (Å²) in [6, 6.07) is 0. The molecule has 0 aromatic heterocycles. The molecule has 106 valence electrons. The van der Waals surface area contributed by atoms with Gasteiger partial charge in [0, 0.05) is 5.41 Å². The summed E-state index contributed by atoms with van der Waals surface area (Å²) < 4.78 is 4.76. The molecule has 0 aliphatic carbocycles. The summed E-state index contributed by atoms with van der Waals surface area (Å²) in [5.74, 6) is -0.273. The van der Waals surface area contributed by atoms with Crippen LogP contribution in [0.15, 0.2) is 12.7 Å². The fourth-order valence-electron chi connectivity index (χ4n) is 0.509. The highest BCUT2D eigenvalue weighted by atomic mass is 16.5. The average Bonchev–Trinajstić information content (AvgIpc) is 2.23. The van der Waals surface area contributed by atoms with Gasteiger partial charge in [-0.05, 0) is 5.92 Å². The lowest BCUT2D eigenvalue weighted by atomic mass is 9.96. The van der Waals surface area contributed by atoms with Crippen molar-refractivity contribution in [3.63, 3.8) is 0 Å². The van der Waals surface area contributed by atoms with E-state index in [0.717, 1.165) is 5.92 Å². The number of amides is 1. The summed E-state index contributed by atoms with van der Waals surface area (Å²) in [5.41, 5.74) is -0.305. The first-order chi connectivity index (χ1) is 8.10. The molecule has 0 aromatic rings. The number of hydrogen-bond donors (Lipinski definition) is 2. The van der Waals surface area contributed by atoms with Crippen molar-refractivity contribution in [3.8, 4) is 0 Å². The SMILES string of the molecule is C=CC(C)(C)COC(=O)NCC(=O)O.CC(C)C. The fraction of sp³-hybridized carbons (Fsp3) is 0.692. The van der Waals surface area contributed by atoms with Gasteiger partial charge < -0.3 is 15.2 Å². The third kappa shape index (κ3) is 16.9. The molecule has 0 radical (unpaired) electrons. The van der Waals surface area contributed by atoms with Gasteiger partial charge in [-0.3, -0.25) is 4.79 Å². The molecule has 0 saturated heterocycles. The van der Waals surface area contributed by atoms with E-state index in [4.69, 9.17) is 9.84 Å². The van der Waals surface area contributed by atoms with Crippen molar-refractivity contribution in [1.29, 1.82) is 0 Å². The van der Waals surface area contributed by atoms with E-state index in [1.54, 1.807) is 6.08 Å². The van der Waals surface area contributed by atoms with E-state index in [1.165, 1.54) is 0 Å². The maximum Gasteiger partial charge on any atom is 0.407 e. The molecule has 0 saturated carbocycles. The van der Waals surface area contributed by atoms with Crippen LogP contribution in [-0.2, 0) is 9.53 Å². The van der Waals surface area contributed by atoms with Crippen molar-refractivity contribution < 1.29 is 19.4 Å². The first-order valence-corrected chi connectivity index (χ1v) is 5.86. The third-order valence-electron chi connectivity index (χ3n) is 1.51. The van der Waals surface area contributed by atoms with Gasteiger partial charge >= 0.3 is 12.1 Å². The van der Waals surface area contributed by atoms with Crippen LogP contribution in [0.1, 0.15) is 34.6 Å². The van der Waals surface area contributed by atoms with Gasteiger partial charge in [-0.25, -0.2) is 4.79 Å². The van der Waals surface area contributed by atoms with E-state index in [1.807, 2.05) is 13.8 Å². The Hall–Kier alpha value is -1.52. The summed E-state index contributed by atoms with van der Waals surface area (Å²) in [4.78, 5) is 21.0. The summed E-state index contributed by atoms with van der Waals surface area (Å²) in [7, 11) is 0. The van der Waals surface area contributed by atoms with E-state index in [9.17, 15) is 9.59 Å². The Morgan fingerprint density at radius 1 is 1.39 bits per heavy atom. The third-order valence-corrected chi connectivity index (χ3v) is 1.51. The molecule has 0 spiro atoms. The number of rotatable bonds is 5. The zero-order valence-corrected chi connectivity index (χ0v) is 11.9. The molecule has 0 unspecified atom stereocenters. The molecular formula is C13H25NO4. The van der Waals surface area contributed by atoms with Crippen LogP contribution in [0.2, 0.25) is 0 Å². The number of carbonyl (C=O) groups excluding carboxylic acids is 1. The molecule has 0 aromatic carbocycles. The Balaban J connectivity index is 0. The van der Waals surface area contributed by atoms with Gasteiger partial charge in [-0.1, -0.05) is 40.7 Å². The monoisotopic (exact) mass is 259 g/mol. The molecular weight excluding hydrogens is 234 g/mol. The summed E-state index contributed by atoms with van der Waals surface area (Å²) in [6.07, 6.45) is 0.930. The molecule has 0 bridgehead atoms. The molecule has 1 amide bonds. The predicted molar refractivity (Wildman–Crippen MR) is 71.5 cm³/mol. The van der Waals surface area contributed by atoms with Gasteiger partial charge in [0.2, 0.25) is 0 Å². The molecule has 0 fully saturated rings. The number of carboxylic acid groups (broad SMARTS) is 1. The summed E-state index contributed by atoms with van der Waals surface area (Å²) in [6.45, 7) is 13.5. The number of carbonyl (C=O) groups is 2. The molecule has 5 heteroatoms. The molecule has 0 aliphatic heterocycles. The van der Waals surface area contributed by atoms with E-state index >= 15 is 0 Å².